The predicted molar refractivity (Wildman–Crippen MR) is 119 cm³/mol. The van der Waals surface area contributed by atoms with Gasteiger partial charge in [0, 0.05) is 42.7 Å². The molecule has 0 aromatic heterocycles. The average Bonchev–Trinajstić information content (AvgIpc) is 3.42. The van der Waals surface area contributed by atoms with Gasteiger partial charge in [0.2, 0.25) is 5.91 Å². The molecule has 2 atom stereocenters. The fourth-order valence-corrected chi connectivity index (χ4v) is 4.58. The van der Waals surface area contributed by atoms with E-state index in [1.54, 1.807) is 12.1 Å². The zero-order valence-corrected chi connectivity index (χ0v) is 18.7. The van der Waals surface area contributed by atoms with Gasteiger partial charge in [0.05, 0.1) is 12.6 Å². The molecule has 1 aromatic rings. The van der Waals surface area contributed by atoms with Crippen molar-refractivity contribution in [2.75, 3.05) is 39.3 Å². The monoisotopic (exact) mass is 437 g/mol. The maximum absolute atomic E-state index is 14.7. The van der Waals surface area contributed by atoms with E-state index >= 15 is 0 Å². The van der Waals surface area contributed by atoms with Crippen molar-refractivity contribution in [3.8, 4) is 0 Å². The highest BCUT2D eigenvalue weighted by molar-refractivity contribution is 6.31. The van der Waals surface area contributed by atoms with Crippen molar-refractivity contribution in [1.29, 1.82) is 0 Å². The number of rotatable bonds is 7. The van der Waals surface area contributed by atoms with Crippen molar-refractivity contribution in [3.05, 3.63) is 34.6 Å². The van der Waals surface area contributed by atoms with Crippen LogP contribution in [0.3, 0.4) is 0 Å². The third-order valence-electron chi connectivity index (χ3n) is 5.87. The molecule has 0 spiro atoms. The van der Waals surface area contributed by atoms with Gasteiger partial charge < -0.3 is 15.5 Å². The summed E-state index contributed by atoms with van der Waals surface area (Å²) >= 11 is 6.39. The fourth-order valence-electron chi connectivity index (χ4n) is 4.29. The highest BCUT2D eigenvalue weighted by Crippen LogP contribution is 2.32. The van der Waals surface area contributed by atoms with E-state index in [4.69, 9.17) is 16.6 Å². The summed E-state index contributed by atoms with van der Waals surface area (Å²) in [7, 11) is 0. The van der Waals surface area contributed by atoms with Crippen LogP contribution in [0, 0.1) is 5.82 Å². The number of benzene rings is 1. The van der Waals surface area contributed by atoms with Crippen LogP contribution in [0.1, 0.15) is 51.1 Å². The molecule has 3 rings (SSSR count). The van der Waals surface area contributed by atoms with Crippen molar-refractivity contribution in [3.63, 3.8) is 0 Å². The second-order valence-electron chi connectivity index (χ2n) is 7.94. The van der Waals surface area contributed by atoms with Crippen LogP contribution in [-0.2, 0) is 4.79 Å². The molecular formula is C22H33ClFN5O. The van der Waals surface area contributed by atoms with Crippen molar-refractivity contribution in [2.24, 2.45) is 4.99 Å². The van der Waals surface area contributed by atoms with Crippen molar-refractivity contribution >= 4 is 23.5 Å². The molecule has 0 aliphatic carbocycles. The zero-order valence-electron chi connectivity index (χ0n) is 18.0. The van der Waals surface area contributed by atoms with Gasteiger partial charge in [-0.2, -0.15) is 0 Å². The third kappa shape index (κ3) is 5.64. The van der Waals surface area contributed by atoms with Crippen molar-refractivity contribution < 1.29 is 9.18 Å². The van der Waals surface area contributed by atoms with Gasteiger partial charge in [-0.15, -0.1) is 0 Å². The molecule has 2 fully saturated rings. The van der Waals surface area contributed by atoms with Gasteiger partial charge in [0.15, 0.2) is 5.96 Å². The Labute approximate surface area is 183 Å². The van der Waals surface area contributed by atoms with Crippen LogP contribution in [0.25, 0.3) is 0 Å². The number of hydrogen-bond donors (Lipinski definition) is 2. The minimum absolute atomic E-state index is 0.167. The standard InChI is InChI=1S/C22H33ClFN5O/c1-3-20(30)29-13-10-16(15-29)27-22(25-4-2)26-14-19(28-11-5-6-12-28)21-17(23)8-7-9-18(21)24/h7-9,16,19H,3-6,10-15H2,1-2H3,(H2,25,26,27). The first-order chi connectivity index (χ1) is 14.5. The number of likely N-dealkylation sites (tertiary alicyclic amines) is 2. The summed E-state index contributed by atoms with van der Waals surface area (Å²) < 4.78 is 14.7. The maximum atomic E-state index is 14.7. The molecule has 0 bridgehead atoms. The first-order valence-corrected chi connectivity index (χ1v) is 11.4. The van der Waals surface area contributed by atoms with E-state index in [-0.39, 0.29) is 23.8 Å². The molecule has 1 amide bonds. The summed E-state index contributed by atoms with van der Waals surface area (Å²) in [6.45, 7) is 8.35. The number of nitrogens with zero attached hydrogens (tertiary/aromatic N) is 3. The smallest absolute Gasteiger partial charge is 0.222 e. The van der Waals surface area contributed by atoms with E-state index in [2.05, 4.69) is 15.5 Å². The second-order valence-corrected chi connectivity index (χ2v) is 8.34. The topological polar surface area (TPSA) is 60.0 Å². The molecule has 0 radical (unpaired) electrons. The Morgan fingerprint density at radius 3 is 2.73 bits per heavy atom. The molecule has 8 heteroatoms. The summed E-state index contributed by atoms with van der Waals surface area (Å²) in [6.07, 6.45) is 3.63. The van der Waals surface area contributed by atoms with Gasteiger partial charge >= 0.3 is 0 Å². The summed E-state index contributed by atoms with van der Waals surface area (Å²) in [6, 6.07) is 4.82. The molecule has 2 unspecified atom stereocenters. The molecule has 2 saturated heterocycles. The Morgan fingerprint density at radius 1 is 1.30 bits per heavy atom. The van der Waals surface area contributed by atoms with Gasteiger partial charge in [-0.1, -0.05) is 24.6 Å². The van der Waals surface area contributed by atoms with Crippen LogP contribution >= 0.6 is 11.6 Å². The summed E-state index contributed by atoms with van der Waals surface area (Å²) in [5.41, 5.74) is 0.529. The van der Waals surface area contributed by atoms with Crippen LogP contribution in [0.15, 0.2) is 23.2 Å². The number of guanidine groups is 1. The second kappa shape index (κ2) is 11.0. The molecule has 30 heavy (non-hydrogen) atoms. The Kier molecular flexibility index (Phi) is 8.33. The number of nitrogens with one attached hydrogen (secondary N) is 2. The molecule has 2 N–H and O–H groups in total. The molecular weight excluding hydrogens is 405 g/mol. The van der Waals surface area contributed by atoms with Gasteiger partial charge in [-0.25, -0.2) is 4.39 Å². The Bertz CT molecular complexity index is 733. The molecule has 2 heterocycles. The summed E-state index contributed by atoms with van der Waals surface area (Å²) in [5, 5.41) is 7.19. The van der Waals surface area contributed by atoms with Crippen molar-refractivity contribution in [1.82, 2.24) is 20.4 Å². The fraction of sp³-hybridized carbons (Fsp3) is 0.636. The molecule has 6 nitrogen and oxygen atoms in total. The number of halogens is 2. The number of carbonyl (C=O) groups excluding carboxylic acids is 1. The first kappa shape index (κ1) is 22.8. The Hall–Kier alpha value is -1.86. The number of aliphatic imine (C=N–C) groups is 1. The lowest BCUT2D eigenvalue weighted by molar-refractivity contribution is -0.129. The van der Waals surface area contributed by atoms with Crippen LogP contribution in [0.2, 0.25) is 5.02 Å². The maximum Gasteiger partial charge on any atom is 0.222 e. The molecule has 2 aliphatic heterocycles. The van der Waals surface area contributed by atoms with Gasteiger partial charge in [0.25, 0.3) is 0 Å². The minimum atomic E-state index is -0.280. The number of amides is 1. The third-order valence-corrected chi connectivity index (χ3v) is 6.19. The normalized spacial score (nSPS) is 21.1. The predicted octanol–water partition coefficient (Wildman–Crippen LogP) is 3.18. The molecule has 1 aromatic carbocycles. The van der Waals surface area contributed by atoms with Gasteiger partial charge in [-0.3, -0.25) is 14.7 Å². The number of hydrogen-bond acceptors (Lipinski definition) is 3. The van der Waals surface area contributed by atoms with E-state index in [1.807, 2.05) is 18.7 Å². The van der Waals surface area contributed by atoms with Gasteiger partial charge in [0.1, 0.15) is 5.82 Å². The van der Waals surface area contributed by atoms with E-state index < -0.39 is 0 Å². The Balaban J connectivity index is 1.74. The Morgan fingerprint density at radius 2 is 2.07 bits per heavy atom. The van der Waals surface area contributed by atoms with Crippen LogP contribution in [0.5, 0.6) is 0 Å². The zero-order chi connectivity index (χ0) is 21.5. The lowest BCUT2D eigenvalue weighted by Gasteiger charge is -2.28. The van der Waals surface area contributed by atoms with Crippen molar-refractivity contribution in [2.45, 2.75) is 51.6 Å². The quantitative estimate of drug-likeness (QED) is 0.508. The van der Waals surface area contributed by atoms with Gasteiger partial charge in [-0.05, 0) is 51.4 Å². The van der Waals surface area contributed by atoms with E-state index in [0.29, 0.717) is 36.1 Å². The van der Waals surface area contributed by atoms with E-state index in [9.17, 15) is 9.18 Å². The average molecular weight is 438 g/mol. The molecule has 0 saturated carbocycles. The highest BCUT2D eigenvalue weighted by atomic mass is 35.5. The lowest BCUT2D eigenvalue weighted by Crippen LogP contribution is -2.45. The largest absolute Gasteiger partial charge is 0.357 e. The number of carbonyl (C=O) groups is 1. The minimum Gasteiger partial charge on any atom is -0.357 e. The first-order valence-electron chi connectivity index (χ1n) is 11.0. The molecule has 2 aliphatic rings. The van der Waals surface area contributed by atoms with E-state index in [0.717, 1.165) is 45.4 Å². The summed E-state index contributed by atoms with van der Waals surface area (Å²) in [4.78, 5) is 20.9. The molecule has 166 valence electrons. The summed E-state index contributed by atoms with van der Waals surface area (Å²) in [5.74, 6) is 0.603. The van der Waals surface area contributed by atoms with Crippen LogP contribution < -0.4 is 10.6 Å². The highest BCUT2D eigenvalue weighted by Gasteiger charge is 2.29. The van der Waals surface area contributed by atoms with Crippen LogP contribution in [0.4, 0.5) is 4.39 Å². The SMILES string of the molecule is CCNC(=NCC(c1c(F)cccc1Cl)N1CCCC1)NC1CCN(C(=O)CC)C1. The van der Waals surface area contributed by atoms with Crippen LogP contribution in [-0.4, -0.2) is 67.0 Å². The lowest BCUT2D eigenvalue weighted by atomic mass is 10.0. The van der Waals surface area contributed by atoms with E-state index in [1.165, 1.54) is 6.07 Å².